The van der Waals surface area contributed by atoms with E-state index in [1.807, 2.05) is 0 Å². The zero-order valence-electron chi connectivity index (χ0n) is 9.67. The monoisotopic (exact) mass is 279 g/mol. The van der Waals surface area contributed by atoms with Gasteiger partial charge in [0.05, 0.1) is 12.6 Å². The molecule has 1 aromatic rings. The number of nitrogens with two attached hydrogens (primary N) is 1. The number of aromatic hydroxyl groups is 2. The summed E-state index contributed by atoms with van der Waals surface area (Å²) in [5.74, 6) is -1.62. The van der Waals surface area contributed by atoms with Crippen LogP contribution in [-0.4, -0.2) is 29.0 Å². The van der Waals surface area contributed by atoms with Crippen molar-refractivity contribution in [3.05, 3.63) is 23.8 Å². The Labute approximate surface area is 110 Å². The maximum Gasteiger partial charge on any atom is 0.342 e. The van der Waals surface area contributed by atoms with Crippen LogP contribution in [0.25, 0.3) is 0 Å². The number of hydrogen-bond donors (Lipinski definition) is 3. The molecule has 2 atom stereocenters. The van der Waals surface area contributed by atoms with Gasteiger partial charge in [0, 0.05) is 11.6 Å². The molecule has 0 bridgehead atoms. The second-order valence-electron chi connectivity index (χ2n) is 3.42. The van der Waals surface area contributed by atoms with E-state index in [1.165, 1.54) is 12.1 Å². The van der Waals surface area contributed by atoms with Gasteiger partial charge in [-0.3, -0.25) is 0 Å². The number of halogens is 2. The molecule has 0 heterocycles. The van der Waals surface area contributed by atoms with Gasteiger partial charge in [-0.2, -0.15) is 0 Å². The third kappa shape index (κ3) is 3.75. The Bertz CT molecular complexity index is 416. The molecule has 102 valence electrons. The van der Waals surface area contributed by atoms with Gasteiger partial charge in [-0.25, -0.2) is 9.18 Å². The van der Waals surface area contributed by atoms with E-state index < -0.39 is 18.2 Å². The van der Waals surface area contributed by atoms with E-state index in [-0.39, 0.29) is 36.1 Å². The average molecular weight is 280 g/mol. The van der Waals surface area contributed by atoms with Crippen LogP contribution in [0.15, 0.2) is 18.2 Å². The molecule has 5 nitrogen and oxygen atoms in total. The number of hydrogen-bond acceptors (Lipinski definition) is 5. The Morgan fingerprint density at radius 2 is 2.11 bits per heavy atom. The van der Waals surface area contributed by atoms with Crippen LogP contribution in [0.2, 0.25) is 0 Å². The molecule has 4 N–H and O–H groups in total. The molecule has 0 aliphatic rings. The number of carbonyl (C=O) groups is 1. The minimum atomic E-state index is -2.06. The van der Waals surface area contributed by atoms with E-state index in [9.17, 15) is 14.3 Å². The quantitative estimate of drug-likeness (QED) is 0.725. The Kier molecular flexibility index (Phi) is 6.43. The zero-order valence-corrected chi connectivity index (χ0v) is 10.5. The van der Waals surface area contributed by atoms with Crippen molar-refractivity contribution in [3.8, 4) is 11.5 Å². The standard InChI is InChI=1S/C11H14FNO4.ClH/c1-2-17-11(16)9(12)10(13)7-4-3-6(14)5-8(7)15;/h3-5,9-10,14-15H,2,13H2,1H3;1H/t9?,10-;/m0./s1. The van der Waals surface area contributed by atoms with Gasteiger partial charge in [-0.15, -0.1) is 12.4 Å². The first kappa shape index (κ1) is 16.5. The topological polar surface area (TPSA) is 92.8 Å². The number of esters is 1. The summed E-state index contributed by atoms with van der Waals surface area (Å²) in [6.07, 6.45) is -2.06. The van der Waals surface area contributed by atoms with Gasteiger partial charge in [-0.1, -0.05) is 0 Å². The van der Waals surface area contributed by atoms with Crippen molar-refractivity contribution >= 4 is 18.4 Å². The lowest BCUT2D eigenvalue weighted by Crippen LogP contribution is -2.31. The van der Waals surface area contributed by atoms with Crippen LogP contribution in [0.1, 0.15) is 18.5 Å². The highest BCUT2D eigenvalue weighted by molar-refractivity contribution is 5.85. The van der Waals surface area contributed by atoms with Crippen LogP contribution in [0.3, 0.4) is 0 Å². The Morgan fingerprint density at radius 1 is 1.50 bits per heavy atom. The van der Waals surface area contributed by atoms with Crippen LogP contribution >= 0.6 is 12.4 Å². The van der Waals surface area contributed by atoms with Crippen LogP contribution < -0.4 is 5.73 Å². The highest BCUT2D eigenvalue weighted by Gasteiger charge is 2.29. The van der Waals surface area contributed by atoms with Gasteiger partial charge < -0.3 is 20.7 Å². The van der Waals surface area contributed by atoms with E-state index in [0.29, 0.717) is 0 Å². The number of rotatable bonds is 4. The molecule has 1 aromatic carbocycles. The van der Waals surface area contributed by atoms with Crippen LogP contribution in [0.4, 0.5) is 4.39 Å². The molecule has 0 aliphatic heterocycles. The molecule has 0 aromatic heterocycles. The van der Waals surface area contributed by atoms with Gasteiger partial charge in [-0.05, 0) is 19.1 Å². The first-order chi connectivity index (χ1) is 7.97. The largest absolute Gasteiger partial charge is 0.508 e. The summed E-state index contributed by atoms with van der Waals surface area (Å²) < 4.78 is 18.1. The van der Waals surface area contributed by atoms with E-state index in [0.717, 1.165) is 6.07 Å². The van der Waals surface area contributed by atoms with Gasteiger partial charge in [0.1, 0.15) is 11.5 Å². The number of carbonyl (C=O) groups excluding carboxylic acids is 1. The Hall–Kier alpha value is -1.53. The van der Waals surface area contributed by atoms with Crippen molar-refractivity contribution in [1.29, 1.82) is 0 Å². The lowest BCUT2D eigenvalue weighted by atomic mass is 10.0. The second kappa shape index (κ2) is 7.03. The Balaban J connectivity index is 0.00000289. The molecule has 0 radical (unpaired) electrons. The normalized spacial score (nSPS) is 13.3. The average Bonchev–Trinajstić information content (AvgIpc) is 2.27. The number of phenolic OH excluding ortho intramolecular Hbond substituents is 2. The summed E-state index contributed by atoms with van der Waals surface area (Å²) in [6.45, 7) is 1.60. The van der Waals surface area contributed by atoms with Crippen LogP contribution in [0, 0.1) is 0 Å². The van der Waals surface area contributed by atoms with Crippen LogP contribution in [-0.2, 0) is 9.53 Å². The van der Waals surface area contributed by atoms with Gasteiger partial charge in [0.2, 0.25) is 6.17 Å². The van der Waals surface area contributed by atoms with Gasteiger partial charge in [0.15, 0.2) is 0 Å². The van der Waals surface area contributed by atoms with Gasteiger partial charge in [0.25, 0.3) is 0 Å². The zero-order chi connectivity index (χ0) is 13.0. The van der Waals surface area contributed by atoms with E-state index in [4.69, 9.17) is 10.8 Å². The van der Waals surface area contributed by atoms with Crippen LogP contribution in [0.5, 0.6) is 11.5 Å². The molecule has 18 heavy (non-hydrogen) atoms. The number of alkyl halides is 1. The molecule has 0 amide bonds. The van der Waals surface area contributed by atoms with Crippen molar-refractivity contribution in [2.24, 2.45) is 5.73 Å². The highest BCUT2D eigenvalue weighted by atomic mass is 35.5. The summed E-state index contributed by atoms with van der Waals surface area (Å²) in [4.78, 5) is 11.1. The second-order valence-corrected chi connectivity index (χ2v) is 3.42. The third-order valence-electron chi connectivity index (χ3n) is 2.20. The highest BCUT2D eigenvalue weighted by Crippen LogP contribution is 2.29. The fraction of sp³-hybridized carbons (Fsp3) is 0.364. The number of phenols is 2. The maximum absolute atomic E-state index is 13.6. The molecule has 0 saturated carbocycles. The predicted molar refractivity (Wildman–Crippen MR) is 65.5 cm³/mol. The smallest absolute Gasteiger partial charge is 0.342 e. The Morgan fingerprint density at radius 3 is 2.61 bits per heavy atom. The van der Waals surface area contributed by atoms with Crippen molar-refractivity contribution in [2.75, 3.05) is 6.61 Å². The molecular formula is C11H15ClFNO4. The van der Waals surface area contributed by atoms with E-state index in [2.05, 4.69) is 4.74 Å². The molecule has 7 heteroatoms. The summed E-state index contributed by atoms with van der Waals surface area (Å²) in [5.41, 5.74) is 5.53. The van der Waals surface area contributed by atoms with Gasteiger partial charge >= 0.3 is 5.97 Å². The summed E-state index contributed by atoms with van der Waals surface area (Å²) in [6, 6.07) is 2.18. The fourth-order valence-corrected chi connectivity index (χ4v) is 1.34. The van der Waals surface area contributed by atoms with E-state index >= 15 is 0 Å². The minimum absolute atomic E-state index is 0. The summed E-state index contributed by atoms with van der Waals surface area (Å²) >= 11 is 0. The summed E-state index contributed by atoms with van der Waals surface area (Å²) in [7, 11) is 0. The molecule has 0 spiro atoms. The number of ether oxygens (including phenoxy) is 1. The molecule has 0 aliphatic carbocycles. The van der Waals surface area contributed by atoms with Crippen molar-refractivity contribution in [3.63, 3.8) is 0 Å². The lowest BCUT2D eigenvalue weighted by Gasteiger charge is -2.16. The SMILES string of the molecule is CCOC(=O)C(F)[C@@H](N)c1ccc(O)cc1O.Cl. The van der Waals surface area contributed by atoms with Crippen molar-refractivity contribution in [1.82, 2.24) is 0 Å². The van der Waals surface area contributed by atoms with E-state index in [1.54, 1.807) is 6.92 Å². The fourth-order valence-electron chi connectivity index (χ4n) is 1.34. The lowest BCUT2D eigenvalue weighted by molar-refractivity contribution is -0.149. The van der Waals surface area contributed by atoms with Crippen molar-refractivity contribution in [2.45, 2.75) is 19.1 Å². The number of benzene rings is 1. The summed E-state index contributed by atoms with van der Waals surface area (Å²) in [5, 5.41) is 18.5. The minimum Gasteiger partial charge on any atom is -0.508 e. The molecule has 0 fully saturated rings. The molecule has 0 saturated heterocycles. The van der Waals surface area contributed by atoms with Crippen molar-refractivity contribution < 1.29 is 24.1 Å². The third-order valence-corrected chi connectivity index (χ3v) is 2.20. The molecular weight excluding hydrogens is 265 g/mol. The predicted octanol–water partition coefficient (Wildman–Crippen LogP) is 1.42. The first-order valence-electron chi connectivity index (χ1n) is 5.05. The molecule has 1 rings (SSSR count). The molecule has 1 unspecified atom stereocenters. The maximum atomic E-state index is 13.6. The first-order valence-corrected chi connectivity index (χ1v) is 5.05.